The normalized spacial score (nSPS) is 10.4. The van der Waals surface area contributed by atoms with Crippen LogP contribution in [0.15, 0.2) is 30.3 Å². The first-order chi connectivity index (χ1) is 10.1. The average Bonchev–Trinajstić information content (AvgIpc) is 2.87. The van der Waals surface area contributed by atoms with Gasteiger partial charge in [-0.25, -0.2) is 0 Å². The molecule has 3 nitrogen and oxygen atoms in total. The summed E-state index contributed by atoms with van der Waals surface area (Å²) in [5.74, 6) is -0.0381. The third kappa shape index (κ3) is 4.48. The molecule has 112 valence electrons. The highest BCUT2D eigenvalue weighted by Gasteiger charge is 2.07. The smallest absolute Gasteiger partial charge is 0.251 e. The summed E-state index contributed by atoms with van der Waals surface area (Å²) in [6.07, 6.45) is 0.803. The van der Waals surface area contributed by atoms with E-state index in [1.165, 1.54) is 4.88 Å². The van der Waals surface area contributed by atoms with E-state index in [4.69, 9.17) is 11.6 Å². The van der Waals surface area contributed by atoms with Crippen molar-refractivity contribution in [1.29, 1.82) is 0 Å². The van der Waals surface area contributed by atoms with Crippen LogP contribution >= 0.6 is 22.9 Å². The zero-order valence-corrected chi connectivity index (χ0v) is 13.8. The lowest BCUT2D eigenvalue weighted by Gasteiger charge is -2.10. The Balaban J connectivity index is 1.89. The molecular weight excluding hydrogens is 304 g/mol. The lowest BCUT2D eigenvalue weighted by molar-refractivity contribution is 0.0954. The second-order valence-corrected chi connectivity index (χ2v) is 6.57. The van der Waals surface area contributed by atoms with E-state index in [-0.39, 0.29) is 5.91 Å². The van der Waals surface area contributed by atoms with Crippen molar-refractivity contribution < 1.29 is 4.79 Å². The van der Waals surface area contributed by atoms with Crippen molar-refractivity contribution in [2.24, 2.45) is 0 Å². The van der Waals surface area contributed by atoms with Crippen LogP contribution in [0.5, 0.6) is 0 Å². The van der Waals surface area contributed by atoms with Crippen LogP contribution in [0.3, 0.4) is 0 Å². The molecule has 0 bridgehead atoms. The molecule has 5 heteroatoms. The van der Waals surface area contributed by atoms with Crippen molar-refractivity contribution in [3.63, 3.8) is 0 Å². The topological polar surface area (TPSA) is 41.1 Å². The minimum atomic E-state index is -0.0381. The molecule has 0 atom stereocenters. The molecule has 2 N–H and O–H groups in total. The summed E-state index contributed by atoms with van der Waals surface area (Å²) in [4.78, 5) is 13.3. The van der Waals surface area contributed by atoms with Gasteiger partial charge in [-0.2, -0.15) is 0 Å². The number of aryl methyl sites for hydroxylation is 1. The van der Waals surface area contributed by atoms with Gasteiger partial charge in [0.25, 0.3) is 5.91 Å². The molecule has 0 spiro atoms. The number of benzene rings is 1. The molecule has 0 radical (unpaired) electrons. The first kappa shape index (κ1) is 15.9. The van der Waals surface area contributed by atoms with Crippen molar-refractivity contribution in [3.05, 3.63) is 50.7 Å². The van der Waals surface area contributed by atoms with Gasteiger partial charge in [-0.3, -0.25) is 4.79 Å². The molecule has 1 aromatic carbocycles. The van der Waals surface area contributed by atoms with Crippen molar-refractivity contribution in [2.45, 2.75) is 20.3 Å². The average molecular weight is 323 g/mol. The highest BCUT2D eigenvalue weighted by molar-refractivity contribution is 7.16. The van der Waals surface area contributed by atoms with Gasteiger partial charge in [-0.1, -0.05) is 11.6 Å². The lowest BCUT2D eigenvalue weighted by atomic mass is 10.1. The number of amides is 1. The van der Waals surface area contributed by atoms with Crippen molar-refractivity contribution in [1.82, 2.24) is 5.32 Å². The number of carbonyl (C=O) groups excluding carboxylic acids is 1. The number of hydrogen-bond donors (Lipinski definition) is 2. The van der Waals surface area contributed by atoms with E-state index in [1.807, 2.05) is 37.3 Å². The van der Waals surface area contributed by atoms with Gasteiger partial charge < -0.3 is 10.6 Å². The molecule has 0 unspecified atom stereocenters. The molecule has 0 saturated heterocycles. The Bertz CT molecular complexity index is 624. The molecule has 0 saturated carbocycles. The Hall–Kier alpha value is -1.52. The van der Waals surface area contributed by atoms with Gasteiger partial charge in [0, 0.05) is 29.2 Å². The fourth-order valence-corrected chi connectivity index (χ4v) is 3.17. The molecule has 0 aliphatic rings. The number of anilines is 1. The van der Waals surface area contributed by atoms with E-state index in [1.54, 1.807) is 11.3 Å². The maximum atomic E-state index is 12.1. The van der Waals surface area contributed by atoms with Crippen molar-refractivity contribution >= 4 is 34.5 Å². The first-order valence-electron chi connectivity index (χ1n) is 6.97. The van der Waals surface area contributed by atoms with Gasteiger partial charge >= 0.3 is 0 Å². The van der Waals surface area contributed by atoms with E-state index < -0.39 is 0 Å². The predicted octanol–water partition coefficient (Wildman–Crippen LogP) is 4.11. The third-order valence-corrected chi connectivity index (χ3v) is 4.43. The molecule has 0 aliphatic heterocycles. The number of carbonyl (C=O) groups is 1. The van der Waals surface area contributed by atoms with Crippen molar-refractivity contribution in [2.75, 3.05) is 18.4 Å². The maximum absolute atomic E-state index is 12.1. The molecule has 1 aromatic heterocycles. The van der Waals surface area contributed by atoms with E-state index in [0.717, 1.165) is 28.6 Å². The Morgan fingerprint density at radius 1 is 1.29 bits per heavy atom. The van der Waals surface area contributed by atoms with Gasteiger partial charge in [-0.15, -0.1) is 11.3 Å². The van der Waals surface area contributed by atoms with Gasteiger partial charge in [0.2, 0.25) is 0 Å². The fraction of sp³-hybridized carbons (Fsp3) is 0.312. The molecule has 21 heavy (non-hydrogen) atoms. The zero-order chi connectivity index (χ0) is 15.2. The van der Waals surface area contributed by atoms with Crippen LogP contribution in [0.2, 0.25) is 4.34 Å². The van der Waals surface area contributed by atoms with Gasteiger partial charge in [0.05, 0.1) is 4.34 Å². The molecular formula is C16H19ClN2OS. The largest absolute Gasteiger partial charge is 0.385 e. The van der Waals surface area contributed by atoms with Crippen LogP contribution in [-0.4, -0.2) is 19.0 Å². The first-order valence-corrected chi connectivity index (χ1v) is 8.16. The Morgan fingerprint density at radius 2 is 2.10 bits per heavy atom. The maximum Gasteiger partial charge on any atom is 0.251 e. The number of nitrogens with one attached hydrogen (secondary N) is 2. The van der Waals surface area contributed by atoms with Gasteiger partial charge in [-0.05, 0) is 56.2 Å². The summed E-state index contributed by atoms with van der Waals surface area (Å²) >= 11 is 7.43. The highest BCUT2D eigenvalue weighted by atomic mass is 35.5. The number of thiophene rings is 1. The van der Waals surface area contributed by atoms with Gasteiger partial charge in [0.1, 0.15) is 0 Å². The summed E-state index contributed by atoms with van der Waals surface area (Å²) in [5.41, 5.74) is 2.84. The highest BCUT2D eigenvalue weighted by Crippen LogP contribution is 2.21. The second-order valence-electron chi connectivity index (χ2n) is 4.77. The van der Waals surface area contributed by atoms with Crippen LogP contribution in [0.25, 0.3) is 0 Å². The second kappa shape index (κ2) is 7.48. The van der Waals surface area contributed by atoms with Crippen LogP contribution in [0.1, 0.15) is 27.7 Å². The van der Waals surface area contributed by atoms with E-state index in [2.05, 4.69) is 17.6 Å². The summed E-state index contributed by atoms with van der Waals surface area (Å²) in [6, 6.07) is 9.59. The SMILES string of the molecule is CCNc1ccc(C(=O)NCCc2ccc(Cl)s2)cc1C. The van der Waals surface area contributed by atoms with Crippen molar-refractivity contribution in [3.8, 4) is 0 Å². The fourth-order valence-electron chi connectivity index (χ4n) is 2.08. The lowest BCUT2D eigenvalue weighted by Crippen LogP contribution is -2.25. The summed E-state index contributed by atoms with van der Waals surface area (Å²) in [6.45, 7) is 5.54. The molecule has 2 rings (SSSR count). The van der Waals surface area contributed by atoms with Crippen LogP contribution in [0.4, 0.5) is 5.69 Å². The molecule has 2 aromatic rings. The van der Waals surface area contributed by atoms with Crippen LogP contribution in [-0.2, 0) is 6.42 Å². The molecule has 0 aliphatic carbocycles. The summed E-state index contributed by atoms with van der Waals surface area (Å²) in [5, 5.41) is 6.21. The monoisotopic (exact) mass is 322 g/mol. The van der Waals surface area contributed by atoms with E-state index in [9.17, 15) is 4.79 Å². The predicted molar refractivity (Wildman–Crippen MR) is 90.7 cm³/mol. The zero-order valence-electron chi connectivity index (χ0n) is 12.2. The third-order valence-electron chi connectivity index (χ3n) is 3.14. The van der Waals surface area contributed by atoms with E-state index in [0.29, 0.717) is 12.1 Å². The minimum Gasteiger partial charge on any atom is -0.385 e. The minimum absolute atomic E-state index is 0.0381. The Morgan fingerprint density at radius 3 is 2.71 bits per heavy atom. The van der Waals surface area contributed by atoms with Crippen LogP contribution < -0.4 is 10.6 Å². The molecule has 0 fully saturated rings. The van der Waals surface area contributed by atoms with E-state index >= 15 is 0 Å². The standard InChI is InChI=1S/C16H19ClN2OS/c1-3-18-14-6-4-12(10-11(14)2)16(20)19-9-8-13-5-7-15(17)21-13/h4-7,10,18H,3,8-9H2,1-2H3,(H,19,20). The number of hydrogen-bond acceptors (Lipinski definition) is 3. The number of rotatable bonds is 6. The Labute approximate surface area is 134 Å². The van der Waals surface area contributed by atoms with Gasteiger partial charge in [0.15, 0.2) is 0 Å². The number of halogens is 1. The summed E-state index contributed by atoms with van der Waals surface area (Å²) < 4.78 is 0.783. The summed E-state index contributed by atoms with van der Waals surface area (Å²) in [7, 11) is 0. The molecule has 1 heterocycles. The van der Waals surface area contributed by atoms with Crippen LogP contribution in [0, 0.1) is 6.92 Å². The quantitative estimate of drug-likeness (QED) is 0.840. The molecule has 1 amide bonds. The Kier molecular flexibility index (Phi) is 5.65.